The predicted octanol–water partition coefficient (Wildman–Crippen LogP) is 5.49. The molecule has 0 atom stereocenters. The minimum absolute atomic E-state index is 0.0538. The van der Waals surface area contributed by atoms with Gasteiger partial charge in [-0.3, -0.25) is 0 Å². The normalized spacial score (nSPS) is 12.0. The molecule has 138 valence electrons. The Labute approximate surface area is 169 Å². The summed E-state index contributed by atoms with van der Waals surface area (Å²) in [5, 5.41) is 2.83. The number of sulfonamides is 1. The first-order valence-corrected chi connectivity index (χ1v) is 10.3. The highest BCUT2D eigenvalue weighted by molar-refractivity contribution is 9.10. The summed E-state index contributed by atoms with van der Waals surface area (Å²) in [6.45, 7) is 0. The molecule has 0 radical (unpaired) electrons. The van der Waals surface area contributed by atoms with Gasteiger partial charge >= 0.3 is 0 Å². The number of nitrogens with one attached hydrogen (secondary N) is 1. The van der Waals surface area contributed by atoms with Crippen molar-refractivity contribution >= 4 is 49.1 Å². The highest BCUT2D eigenvalue weighted by Gasteiger charge is 2.16. The number of halogens is 3. The minimum atomic E-state index is -3.97. The first-order valence-electron chi connectivity index (χ1n) is 7.73. The Kier molecular flexibility index (Phi) is 5.94. The van der Waals surface area contributed by atoms with Crippen LogP contribution in [0.1, 0.15) is 5.56 Å². The average Bonchev–Trinajstić information content (AvgIpc) is 2.65. The molecule has 0 unspecified atom stereocenters. The lowest BCUT2D eigenvalue weighted by atomic mass is 10.2. The van der Waals surface area contributed by atoms with E-state index in [9.17, 15) is 12.8 Å². The molecule has 0 saturated carbocycles. The highest BCUT2D eigenvalue weighted by atomic mass is 79.9. The minimum Gasteiger partial charge on any atom is -0.339 e. The summed E-state index contributed by atoms with van der Waals surface area (Å²) < 4.78 is 43.5. The molecule has 0 aliphatic rings. The van der Waals surface area contributed by atoms with Crippen LogP contribution in [0.5, 0.6) is 0 Å². The zero-order valence-electron chi connectivity index (χ0n) is 13.7. The van der Waals surface area contributed by atoms with Crippen molar-refractivity contribution in [2.75, 3.05) is 5.32 Å². The SMILES string of the molecule is O=S(=O)(N=C(Nc1ccc(F)c(Cl)c1)c1ccccc1)c1ccc(Br)cc1. The number of nitrogens with zero attached hydrogens (tertiary/aromatic N) is 1. The van der Waals surface area contributed by atoms with E-state index in [-0.39, 0.29) is 15.8 Å². The van der Waals surface area contributed by atoms with Crippen molar-refractivity contribution in [3.05, 3.63) is 93.7 Å². The van der Waals surface area contributed by atoms with Gasteiger partial charge in [-0.25, -0.2) is 4.39 Å². The summed E-state index contributed by atoms with van der Waals surface area (Å²) >= 11 is 9.08. The third-order valence-electron chi connectivity index (χ3n) is 3.55. The van der Waals surface area contributed by atoms with E-state index in [2.05, 4.69) is 25.6 Å². The summed E-state index contributed by atoms with van der Waals surface area (Å²) in [6, 6.07) is 18.9. The molecule has 3 aromatic rings. The first kappa shape index (κ1) is 19.5. The van der Waals surface area contributed by atoms with E-state index in [1.165, 1.54) is 30.3 Å². The molecule has 0 amide bonds. The number of benzene rings is 3. The van der Waals surface area contributed by atoms with E-state index < -0.39 is 15.8 Å². The van der Waals surface area contributed by atoms with Crippen LogP contribution >= 0.6 is 27.5 Å². The van der Waals surface area contributed by atoms with Crippen LogP contribution < -0.4 is 5.32 Å². The van der Waals surface area contributed by atoms with Crippen LogP contribution in [0.25, 0.3) is 0 Å². The molecule has 0 aromatic heterocycles. The molecule has 1 N–H and O–H groups in total. The van der Waals surface area contributed by atoms with Crippen molar-refractivity contribution in [1.29, 1.82) is 0 Å². The number of amidine groups is 1. The third kappa shape index (κ3) is 4.94. The third-order valence-corrected chi connectivity index (χ3v) is 5.66. The number of hydrogen-bond acceptors (Lipinski definition) is 2. The second-order valence-corrected chi connectivity index (χ2v) is 8.42. The van der Waals surface area contributed by atoms with Crippen LogP contribution in [0.3, 0.4) is 0 Å². The predicted molar refractivity (Wildman–Crippen MR) is 109 cm³/mol. The lowest BCUT2D eigenvalue weighted by molar-refractivity contribution is 0.598. The van der Waals surface area contributed by atoms with Gasteiger partial charge in [0.2, 0.25) is 0 Å². The van der Waals surface area contributed by atoms with Gasteiger partial charge < -0.3 is 5.32 Å². The van der Waals surface area contributed by atoms with Crippen LogP contribution in [0.2, 0.25) is 5.02 Å². The Morgan fingerprint density at radius 2 is 1.67 bits per heavy atom. The molecule has 0 saturated heterocycles. The Bertz CT molecular complexity index is 1090. The zero-order chi connectivity index (χ0) is 19.4. The Morgan fingerprint density at radius 1 is 1.00 bits per heavy atom. The summed E-state index contributed by atoms with van der Waals surface area (Å²) in [5.41, 5.74) is 0.966. The van der Waals surface area contributed by atoms with Gasteiger partial charge in [-0.1, -0.05) is 57.9 Å². The fourth-order valence-corrected chi connectivity index (χ4v) is 3.66. The maximum atomic E-state index is 13.4. The van der Waals surface area contributed by atoms with Crippen LogP contribution in [0, 0.1) is 5.82 Å². The summed E-state index contributed by atoms with van der Waals surface area (Å²) in [4.78, 5) is 0.0538. The quantitative estimate of drug-likeness (QED) is 0.408. The Hall–Kier alpha value is -2.22. The molecule has 3 rings (SSSR count). The lowest BCUT2D eigenvalue weighted by Crippen LogP contribution is -2.16. The molecule has 0 fully saturated rings. The molecular weight excluding hydrogens is 455 g/mol. The Morgan fingerprint density at radius 3 is 2.30 bits per heavy atom. The largest absolute Gasteiger partial charge is 0.339 e. The average molecular weight is 468 g/mol. The van der Waals surface area contributed by atoms with Crippen molar-refractivity contribution in [1.82, 2.24) is 0 Å². The summed E-state index contributed by atoms with van der Waals surface area (Å²) in [6.07, 6.45) is 0. The van der Waals surface area contributed by atoms with Crippen molar-refractivity contribution in [2.24, 2.45) is 4.40 Å². The van der Waals surface area contributed by atoms with Crippen LogP contribution in [0.15, 0.2) is 86.6 Å². The van der Waals surface area contributed by atoms with Gasteiger partial charge in [0.1, 0.15) is 5.82 Å². The van der Waals surface area contributed by atoms with E-state index in [1.54, 1.807) is 42.5 Å². The molecule has 0 aliphatic heterocycles. The first-order chi connectivity index (χ1) is 12.8. The second kappa shape index (κ2) is 8.21. The summed E-state index contributed by atoms with van der Waals surface area (Å²) in [7, 11) is -3.97. The Balaban J connectivity index is 2.05. The number of anilines is 1. The van der Waals surface area contributed by atoms with Gasteiger partial charge in [0.25, 0.3) is 10.0 Å². The second-order valence-electron chi connectivity index (χ2n) is 5.49. The lowest BCUT2D eigenvalue weighted by Gasteiger charge is -2.11. The van der Waals surface area contributed by atoms with Crippen molar-refractivity contribution in [3.8, 4) is 0 Å². The van der Waals surface area contributed by atoms with Gasteiger partial charge in [0.15, 0.2) is 5.84 Å². The maximum absolute atomic E-state index is 13.4. The van der Waals surface area contributed by atoms with Crippen molar-refractivity contribution < 1.29 is 12.8 Å². The van der Waals surface area contributed by atoms with E-state index in [0.717, 1.165) is 4.47 Å². The molecule has 4 nitrogen and oxygen atoms in total. The van der Waals surface area contributed by atoms with Gasteiger partial charge in [-0.05, 0) is 42.5 Å². The van der Waals surface area contributed by atoms with Gasteiger partial charge in [0.05, 0.1) is 9.92 Å². The van der Waals surface area contributed by atoms with Gasteiger partial charge in [-0.2, -0.15) is 8.42 Å². The number of rotatable bonds is 4. The molecule has 0 aliphatic carbocycles. The fraction of sp³-hybridized carbons (Fsp3) is 0. The van der Waals surface area contributed by atoms with Crippen LogP contribution in [-0.4, -0.2) is 14.3 Å². The van der Waals surface area contributed by atoms with E-state index >= 15 is 0 Å². The topological polar surface area (TPSA) is 58.5 Å². The molecule has 0 heterocycles. The van der Waals surface area contributed by atoms with Gasteiger partial charge in [-0.15, -0.1) is 4.40 Å². The highest BCUT2D eigenvalue weighted by Crippen LogP contribution is 2.22. The fourth-order valence-electron chi connectivity index (χ4n) is 2.23. The van der Waals surface area contributed by atoms with Gasteiger partial charge in [0, 0.05) is 15.7 Å². The van der Waals surface area contributed by atoms with E-state index in [0.29, 0.717) is 11.3 Å². The van der Waals surface area contributed by atoms with Crippen molar-refractivity contribution in [3.63, 3.8) is 0 Å². The monoisotopic (exact) mass is 466 g/mol. The standard InChI is InChI=1S/C19H13BrClFN2O2S/c20-14-6-9-16(10-7-14)27(25,26)24-19(13-4-2-1-3-5-13)23-15-8-11-18(22)17(21)12-15/h1-12H,(H,23,24). The van der Waals surface area contributed by atoms with E-state index in [4.69, 9.17) is 11.6 Å². The molecule has 3 aromatic carbocycles. The molecule has 0 spiro atoms. The van der Waals surface area contributed by atoms with E-state index in [1.807, 2.05) is 0 Å². The van der Waals surface area contributed by atoms with Crippen LogP contribution in [0.4, 0.5) is 10.1 Å². The van der Waals surface area contributed by atoms with Crippen LogP contribution in [-0.2, 0) is 10.0 Å². The maximum Gasteiger partial charge on any atom is 0.284 e. The molecule has 8 heteroatoms. The zero-order valence-corrected chi connectivity index (χ0v) is 16.9. The smallest absolute Gasteiger partial charge is 0.284 e. The number of hydrogen-bond donors (Lipinski definition) is 1. The van der Waals surface area contributed by atoms with Crippen molar-refractivity contribution in [2.45, 2.75) is 4.90 Å². The molecular formula is C19H13BrClFN2O2S. The molecule has 27 heavy (non-hydrogen) atoms. The summed E-state index contributed by atoms with van der Waals surface area (Å²) in [5.74, 6) is -0.468. The molecule has 0 bridgehead atoms.